The highest BCUT2D eigenvalue weighted by molar-refractivity contribution is 5.58. The fourth-order valence-corrected chi connectivity index (χ4v) is 3.38. The second-order valence-electron chi connectivity index (χ2n) is 5.99. The van der Waals surface area contributed by atoms with Crippen LogP contribution >= 0.6 is 0 Å². The van der Waals surface area contributed by atoms with E-state index in [0.717, 1.165) is 5.56 Å². The Morgan fingerprint density at radius 2 is 1.83 bits per heavy atom. The third kappa shape index (κ3) is 2.14. The SMILES string of the molecule is COc1cccc([C@@H]2c3cc4c(cc3O[C@@H](O)[C@@H]2C)OCO4)c1O. The van der Waals surface area contributed by atoms with Crippen LogP contribution in [0.25, 0.3) is 0 Å². The summed E-state index contributed by atoms with van der Waals surface area (Å²) in [5.74, 6) is 1.66. The number of phenols is 1. The van der Waals surface area contributed by atoms with Gasteiger partial charge in [-0.1, -0.05) is 19.1 Å². The van der Waals surface area contributed by atoms with Crippen molar-refractivity contribution in [2.45, 2.75) is 19.1 Å². The van der Waals surface area contributed by atoms with E-state index >= 15 is 0 Å². The molecule has 6 nitrogen and oxygen atoms in total. The molecule has 126 valence electrons. The second-order valence-corrected chi connectivity index (χ2v) is 5.99. The Balaban J connectivity index is 1.89. The molecule has 3 atom stereocenters. The van der Waals surface area contributed by atoms with Gasteiger partial charge in [-0.2, -0.15) is 0 Å². The van der Waals surface area contributed by atoms with Gasteiger partial charge in [0.05, 0.1) is 7.11 Å². The van der Waals surface area contributed by atoms with Crippen LogP contribution in [0.5, 0.6) is 28.7 Å². The molecule has 2 heterocycles. The molecule has 2 aromatic rings. The summed E-state index contributed by atoms with van der Waals surface area (Å²) in [7, 11) is 1.51. The molecule has 2 aliphatic heterocycles. The summed E-state index contributed by atoms with van der Waals surface area (Å²) in [5, 5.41) is 20.9. The zero-order chi connectivity index (χ0) is 16.8. The molecule has 0 spiro atoms. The number of phenolic OH excluding ortho intramolecular Hbond substituents is 1. The molecule has 0 bridgehead atoms. The van der Waals surface area contributed by atoms with E-state index in [0.29, 0.717) is 28.6 Å². The molecule has 0 aliphatic carbocycles. The molecule has 4 rings (SSSR count). The quantitative estimate of drug-likeness (QED) is 0.881. The Morgan fingerprint density at radius 1 is 1.08 bits per heavy atom. The van der Waals surface area contributed by atoms with Crippen molar-refractivity contribution in [3.05, 3.63) is 41.5 Å². The van der Waals surface area contributed by atoms with Crippen LogP contribution < -0.4 is 18.9 Å². The van der Waals surface area contributed by atoms with E-state index in [1.165, 1.54) is 7.11 Å². The highest BCUT2D eigenvalue weighted by Gasteiger charge is 2.38. The topological polar surface area (TPSA) is 77.4 Å². The molecule has 2 aromatic carbocycles. The highest BCUT2D eigenvalue weighted by Crippen LogP contribution is 2.51. The molecular weight excluding hydrogens is 312 g/mol. The lowest BCUT2D eigenvalue weighted by Crippen LogP contribution is -2.34. The molecule has 2 aliphatic rings. The molecule has 0 radical (unpaired) electrons. The van der Waals surface area contributed by atoms with Crippen molar-refractivity contribution in [2.75, 3.05) is 13.9 Å². The first kappa shape index (κ1) is 15.0. The van der Waals surface area contributed by atoms with Gasteiger partial charge in [-0.3, -0.25) is 0 Å². The maximum absolute atomic E-state index is 10.6. The van der Waals surface area contributed by atoms with Crippen LogP contribution in [0.3, 0.4) is 0 Å². The summed E-state index contributed by atoms with van der Waals surface area (Å²) in [4.78, 5) is 0. The average molecular weight is 330 g/mol. The van der Waals surface area contributed by atoms with E-state index in [9.17, 15) is 10.2 Å². The van der Waals surface area contributed by atoms with Crippen LogP contribution in [0.15, 0.2) is 30.3 Å². The maximum Gasteiger partial charge on any atom is 0.231 e. The Bertz CT molecular complexity index is 787. The number of methoxy groups -OCH3 is 1. The number of para-hydroxylation sites is 1. The smallest absolute Gasteiger partial charge is 0.231 e. The van der Waals surface area contributed by atoms with Crippen molar-refractivity contribution in [3.8, 4) is 28.7 Å². The lowest BCUT2D eigenvalue weighted by atomic mass is 9.78. The van der Waals surface area contributed by atoms with Crippen LogP contribution in [0.4, 0.5) is 0 Å². The van der Waals surface area contributed by atoms with E-state index in [1.807, 2.05) is 25.1 Å². The lowest BCUT2D eigenvalue weighted by Gasteiger charge is -2.36. The predicted molar refractivity (Wildman–Crippen MR) is 84.9 cm³/mol. The van der Waals surface area contributed by atoms with Gasteiger partial charge in [0.1, 0.15) is 5.75 Å². The fraction of sp³-hybridized carbons (Fsp3) is 0.333. The van der Waals surface area contributed by atoms with Gasteiger partial charge in [0.15, 0.2) is 23.0 Å². The third-order valence-corrected chi connectivity index (χ3v) is 4.65. The van der Waals surface area contributed by atoms with Gasteiger partial charge in [-0.15, -0.1) is 0 Å². The van der Waals surface area contributed by atoms with Crippen molar-refractivity contribution in [2.24, 2.45) is 5.92 Å². The van der Waals surface area contributed by atoms with Gasteiger partial charge >= 0.3 is 0 Å². The van der Waals surface area contributed by atoms with E-state index in [4.69, 9.17) is 18.9 Å². The standard InChI is InChI=1S/C18H18O6/c1-9-16(10-4-3-5-12(21-2)17(10)19)11-6-14-15(23-8-22-14)7-13(11)24-18(9)20/h3-7,9,16,18-20H,8H2,1-2H3/t9-,16-,18-/m1/s1. The molecule has 0 saturated carbocycles. The first-order valence-electron chi connectivity index (χ1n) is 7.74. The first-order valence-corrected chi connectivity index (χ1v) is 7.74. The van der Waals surface area contributed by atoms with Crippen molar-refractivity contribution in [3.63, 3.8) is 0 Å². The summed E-state index contributed by atoms with van der Waals surface area (Å²) in [6, 6.07) is 8.90. The normalized spacial score (nSPS) is 24.2. The average Bonchev–Trinajstić information content (AvgIpc) is 3.02. The minimum absolute atomic E-state index is 0.0644. The molecule has 24 heavy (non-hydrogen) atoms. The van der Waals surface area contributed by atoms with E-state index in [1.54, 1.807) is 12.1 Å². The number of hydrogen-bond donors (Lipinski definition) is 2. The van der Waals surface area contributed by atoms with Crippen LogP contribution in [-0.2, 0) is 0 Å². The van der Waals surface area contributed by atoms with Crippen LogP contribution in [-0.4, -0.2) is 30.4 Å². The summed E-state index contributed by atoms with van der Waals surface area (Å²) in [6.45, 7) is 2.03. The largest absolute Gasteiger partial charge is 0.504 e. The summed E-state index contributed by atoms with van der Waals surface area (Å²) >= 11 is 0. The molecular formula is C18H18O6. The van der Waals surface area contributed by atoms with Gasteiger partial charge in [0.2, 0.25) is 13.1 Å². The molecule has 0 unspecified atom stereocenters. The zero-order valence-corrected chi connectivity index (χ0v) is 13.4. The fourth-order valence-electron chi connectivity index (χ4n) is 3.38. The van der Waals surface area contributed by atoms with Crippen molar-refractivity contribution in [1.82, 2.24) is 0 Å². The van der Waals surface area contributed by atoms with Crippen molar-refractivity contribution in [1.29, 1.82) is 0 Å². The molecule has 2 N–H and O–H groups in total. The molecule has 0 aromatic heterocycles. The Labute approximate surface area is 139 Å². The maximum atomic E-state index is 10.6. The predicted octanol–water partition coefficient (Wildman–Crippen LogP) is 2.61. The highest BCUT2D eigenvalue weighted by atomic mass is 16.7. The minimum atomic E-state index is -0.992. The van der Waals surface area contributed by atoms with Gasteiger partial charge in [0.25, 0.3) is 0 Å². The Kier molecular flexibility index (Phi) is 3.42. The monoisotopic (exact) mass is 330 g/mol. The molecule has 0 amide bonds. The zero-order valence-electron chi connectivity index (χ0n) is 13.4. The van der Waals surface area contributed by atoms with E-state index in [-0.39, 0.29) is 24.4 Å². The van der Waals surface area contributed by atoms with E-state index in [2.05, 4.69) is 0 Å². The molecule has 6 heteroatoms. The van der Waals surface area contributed by atoms with Crippen molar-refractivity contribution >= 4 is 0 Å². The molecule has 0 saturated heterocycles. The van der Waals surface area contributed by atoms with Crippen LogP contribution in [0.2, 0.25) is 0 Å². The Morgan fingerprint density at radius 3 is 2.58 bits per heavy atom. The van der Waals surface area contributed by atoms with Gasteiger partial charge in [-0.05, 0) is 12.1 Å². The molecule has 0 fully saturated rings. The third-order valence-electron chi connectivity index (χ3n) is 4.65. The van der Waals surface area contributed by atoms with Crippen LogP contribution in [0.1, 0.15) is 24.0 Å². The minimum Gasteiger partial charge on any atom is -0.504 e. The van der Waals surface area contributed by atoms with Crippen LogP contribution in [0, 0.1) is 5.92 Å². The number of aliphatic hydroxyl groups is 1. The number of aliphatic hydroxyl groups excluding tert-OH is 1. The number of hydrogen-bond acceptors (Lipinski definition) is 6. The number of benzene rings is 2. The summed E-state index contributed by atoms with van der Waals surface area (Å²) in [5.41, 5.74) is 1.50. The van der Waals surface area contributed by atoms with Gasteiger partial charge < -0.3 is 29.2 Å². The van der Waals surface area contributed by atoms with E-state index < -0.39 is 6.29 Å². The second kappa shape index (κ2) is 5.49. The number of rotatable bonds is 2. The van der Waals surface area contributed by atoms with Crippen molar-refractivity contribution < 1.29 is 29.2 Å². The van der Waals surface area contributed by atoms with Gasteiger partial charge in [0, 0.05) is 29.0 Å². The summed E-state index contributed by atoms with van der Waals surface area (Å²) < 4.78 is 21.7. The lowest BCUT2D eigenvalue weighted by molar-refractivity contribution is -0.0730. The number of ether oxygens (including phenoxy) is 4. The number of aromatic hydroxyl groups is 1. The van der Waals surface area contributed by atoms with Gasteiger partial charge in [-0.25, -0.2) is 0 Å². The number of fused-ring (bicyclic) bond motifs is 2. The first-order chi connectivity index (χ1) is 11.6. The Hall–Kier alpha value is -2.60. The summed E-state index contributed by atoms with van der Waals surface area (Å²) in [6.07, 6.45) is -0.992.